The van der Waals surface area contributed by atoms with Crippen LogP contribution in [0.5, 0.6) is 0 Å². The Balaban J connectivity index is -0.0000000208. The van der Waals surface area contributed by atoms with Crippen molar-refractivity contribution in [2.24, 2.45) is 0 Å². The fourth-order valence-electron chi connectivity index (χ4n) is 0. The normalized spacial score (nSPS) is 5.50. The molecule has 0 unspecified atom stereocenters. The van der Waals surface area contributed by atoms with Crippen molar-refractivity contribution in [2.45, 2.75) is 0 Å². The first kappa shape index (κ1) is 16.1. The second-order valence-electron chi connectivity index (χ2n) is 0.610. The number of aliphatic carboxylic acids is 2. The van der Waals surface area contributed by atoms with Gasteiger partial charge in [0.15, 0.2) is 0 Å². The standard InChI is InChI=1S/C2H2O4.Ca.Pb.4H/c3-1(4)2(5)6;;;;;;/h(H,3,4)(H,5,6);;;;;;/q;+2;;;;2*-1. The maximum absolute atomic E-state index is 9.10. The van der Waals surface area contributed by atoms with Crippen LogP contribution in [0.15, 0.2) is 0 Å². The molecule has 2 radical (unpaired) electrons. The minimum absolute atomic E-state index is 0. The molecule has 0 aromatic carbocycles. The van der Waals surface area contributed by atoms with E-state index in [2.05, 4.69) is 0 Å². The fourth-order valence-corrected chi connectivity index (χ4v) is 0. The molecule has 0 rings (SSSR count). The first-order valence-electron chi connectivity index (χ1n) is 1.11. The molecular weight excluding hydrogens is 335 g/mol. The topological polar surface area (TPSA) is 74.6 Å². The zero-order chi connectivity index (χ0) is 5.15. The summed E-state index contributed by atoms with van der Waals surface area (Å²) in [6, 6.07) is 0. The summed E-state index contributed by atoms with van der Waals surface area (Å²) >= 11 is 0. The fraction of sp³-hybridized carbons (Fsp3) is 0. The van der Waals surface area contributed by atoms with Crippen molar-refractivity contribution in [1.29, 1.82) is 0 Å². The Morgan fingerprint density at radius 1 is 1.12 bits per heavy atom. The summed E-state index contributed by atoms with van der Waals surface area (Å²) in [5, 5.41) is 14.8. The molecule has 6 heteroatoms. The van der Waals surface area contributed by atoms with E-state index in [9.17, 15) is 0 Å². The molecule has 2 N–H and O–H groups in total. The first-order valence-corrected chi connectivity index (χ1v) is 1.11. The van der Waals surface area contributed by atoms with Crippen LogP contribution in [0, 0.1) is 0 Å². The van der Waals surface area contributed by atoms with Crippen molar-refractivity contribution in [1.82, 2.24) is 0 Å². The van der Waals surface area contributed by atoms with Gasteiger partial charge in [-0.1, -0.05) is 0 Å². The van der Waals surface area contributed by atoms with Crippen LogP contribution < -0.4 is 0 Å². The molecule has 4 nitrogen and oxygen atoms in total. The number of hydrogen-bond acceptors (Lipinski definition) is 2. The van der Waals surface area contributed by atoms with E-state index in [0.29, 0.717) is 0 Å². The Kier molecular flexibility index (Phi) is 16.3. The molecular formula is C2H6CaO4Pb. The molecule has 0 aromatic rings. The van der Waals surface area contributed by atoms with Crippen molar-refractivity contribution < 1.29 is 22.7 Å². The second-order valence-corrected chi connectivity index (χ2v) is 0.610. The number of carboxylic acids is 2. The summed E-state index contributed by atoms with van der Waals surface area (Å²) < 4.78 is 0. The first-order chi connectivity index (χ1) is 2.64. The predicted molar refractivity (Wildman–Crippen MR) is 31.8 cm³/mol. The van der Waals surface area contributed by atoms with E-state index in [1.165, 1.54) is 0 Å². The molecule has 8 heavy (non-hydrogen) atoms. The average molecular weight is 341 g/mol. The number of hydrogen-bond donors (Lipinski definition) is 2. The predicted octanol–water partition coefficient (Wildman–Crippen LogP) is -1.92. The van der Waals surface area contributed by atoms with Gasteiger partial charge >= 0.3 is 77.0 Å². The monoisotopic (exact) mass is 342 g/mol. The summed E-state index contributed by atoms with van der Waals surface area (Å²) in [4.78, 5) is 18.2. The van der Waals surface area contributed by atoms with Crippen LogP contribution in [-0.2, 0) is 9.59 Å². The van der Waals surface area contributed by atoms with Gasteiger partial charge in [0.25, 0.3) is 0 Å². The quantitative estimate of drug-likeness (QED) is 0.398. The number of carboxylic acid groups (broad SMARTS) is 2. The molecule has 0 aliphatic carbocycles. The van der Waals surface area contributed by atoms with Gasteiger partial charge in [-0.3, -0.25) is 0 Å². The van der Waals surface area contributed by atoms with Gasteiger partial charge in [-0.05, 0) is 0 Å². The summed E-state index contributed by atoms with van der Waals surface area (Å²) in [7, 11) is 0. The van der Waals surface area contributed by atoms with Crippen LogP contribution in [0.3, 0.4) is 0 Å². The Morgan fingerprint density at radius 2 is 1.25 bits per heavy atom. The third-order valence-corrected chi connectivity index (χ3v) is 0.183. The Morgan fingerprint density at radius 3 is 1.25 bits per heavy atom. The van der Waals surface area contributed by atoms with Crippen molar-refractivity contribution in [3.05, 3.63) is 0 Å². The summed E-state index contributed by atoms with van der Waals surface area (Å²) in [5.74, 6) is -3.65. The van der Waals surface area contributed by atoms with Gasteiger partial charge in [-0.15, -0.1) is 0 Å². The number of rotatable bonds is 0. The van der Waals surface area contributed by atoms with Crippen molar-refractivity contribution in [3.8, 4) is 0 Å². The van der Waals surface area contributed by atoms with Gasteiger partial charge in [0, 0.05) is 0 Å². The molecule has 44 valence electrons. The third kappa shape index (κ3) is 10.2. The van der Waals surface area contributed by atoms with Gasteiger partial charge in [0.2, 0.25) is 0 Å². The van der Waals surface area contributed by atoms with Crippen molar-refractivity contribution >= 4 is 77.0 Å². The molecule has 0 bridgehead atoms. The van der Waals surface area contributed by atoms with Gasteiger partial charge in [0.1, 0.15) is 0 Å². The van der Waals surface area contributed by atoms with Crippen LogP contribution in [-0.4, -0.2) is 87.2 Å². The van der Waals surface area contributed by atoms with Gasteiger partial charge in [-0.2, -0.15) is 0 Å². The molecule has 0 spiro atoms. The zero-order valence-electron chi connectivity index (χ0n) is 6.13. The minimum atomic E-state index is -1.82. The SMILES string of the molecule is O=C(O)C(=O)O.[Ca+2].[H-].[H-].[PbH2]. The third-order valence-electron chi connectivity index (χ3n) is 0.183. The van der Waals surface area contributed by atoms with E-state index < -0.39 is 11.9 Å². The van der Waals surface area contributed by atoms with E-state index in [-0.39, 0.29) is 67.9 Å². The molecule has 0 saturated heterocycles. The van der Waals surface area contributed by atoms with Crippen LogP contribution in [0.4, 0.5) is 0 Å². The van der Waals surface area contributed by atoms with Crippen LogP contribution >= 0.6 is 0 Å². The van der Waals surface area contributed by atoms with Crippen LogP contribution in [0.1, 0.15) is 2.85 Å². The van der Waals surface area contributed by atoms with Gasteiger partial charge in [-0.25, -0.2) is 9.59 Å². The summed E-state index contributed by atoms with van der Waals surface area (Å²) in [6.45, 7) is 0. The molecule has 0 heterocycles. The maximum atomic E-state index is 9.10. The molecule has 0 aromatic heterocycles. The molecule has 0 aliphatic rings. The van der Waals surface area contributed by atoms with E-state index in [4.69, 9.17) is 19.8 Å². The van der Waals surface area contributed by atoms with Gasteiger partial charge < -0.3 is 13.1 Å². The summed E-state index contributed by atoms with van der Waals surface area (Å²) in [5.41, 5.74) is 0. The molecule has 0 saturated carbocycles. The van der Waals surface area contributed by atoms with Crippen molar-refractivity contribution in [2.75, 3.05) is 0 Å². The van der Waals surface area contributed by atoms with E-state index in [0.717, 1.165) is 0 Å². The second kappa shape index (κ2) is 8.12. The molecule has 0 aliphatic heterocycles. The Hall–Kier alpha value is 1.12. The van der Waals surface area contributed by atoms with E-state index >= 15 is 0 Å². The molecule has 0 fully saturated rings. The number of carbonyl (C=O) groups is 2. The molecule has 0 atom stereocenters. The molecule has 0 amide bonds. The zero-order valence-corrected chi connectivity index (χ0v) is 11.8. The van der Waals surface area contributed by atoms with Crippen LogP contribution in [0.25, 0.3) is 0 Å². The summed E-state index contributed by atoms with van der Waals surface area (Å²) in [6.07, 6.45) is 0. The van der Waals surface area contributed by atoms with E-state index in [1.54, 1.807) is 0 Å². The van der Waals surface area contributed by atoms with E-state index in [1.807, 2.05) is 0 Å². The van der Waals surface area contributed by atoms with Gasteiger partial charge in [0.05, 0.1) is 0 Å². The Labute approximate surface area is 98.4 Å². The van der Waals surface area contributed by atoms with Crippen LogP contribution in [0.2, 0.25) is 0 Å². The Bertz CT molecular complexity index is 87.3. The average Bonchev–Trinajstić information content (AvgIpc) is 1.36. The van der Waals surface area contributed by atoms with Crippen molar-refractivity contribution in [3.63, 3.8) is 0 Å².